The third kappa shape index (κ3) is 5.02. The molecule has 2 N–H and O–H groups in total. The van der Waals surface area contributed by atoms with Crippen LogP contribution in [0, 0.1) is 0 Å². The molecule has 8 heteroatoms. The highest BCUT2D eigenvalue weighted by Gasteiger charge is 2.35. The van der Waals surface area contributed by atoms with Crippen molar-refractivity contribution in [2.75, 3.05) is 13.7 Å². The van der Waals surface area contributed by atoms with E-state index in [1.54, 1.807) is 19.1 Å². The van der Waals surface area contributed by atoms with Crippen LogP contribution < -0.4 is 20.1 Å². The number of halogens is 1. The van der Waals surface area contributed by atoms with Crippen LogP contribution in [0.1, 0.15) is 37.9 Å². The molecule has 2 aromatic rings. The number of urea groups is 1. The first-order valence-electron chi connectivity index (χ1n) is 9.94. The van der Waals surface area contributed by atoms with Crippen molar-refractivity contribution in [1.29, 1.82) is 0 Å². The van der Waals surface area contributed by atoms with E-state index in [1.165, 1.54) is 7.11 Å². The number of benzene rings is 2. The van der Waals surface area contributed by atoms with Gasteiger partial charge < -0.3 is 24.8 Å². The maximum Gasteiger partial charge on any atom is 0.338 e. The van der Waals surface area contributed by atoms with E-state index in [9.17, 15) is 9.59 Å². The lowest BCUT2D eigenvalue weighted by atomic mass is 9.92. The van der Waals surface area contributed by atoms with Crippen molar-refractivity contribution in [2.24, 2.45) is 0 Å². The van der Waals surface area contributed by atoms with Gasteiger partial charge in [0, 0.05) is 0 Å². The van der Waals surface area contributed by atoms with Crippen LogP contribution in [0.3, 0.4) is 0 Å². The summed E-state index contributed by atoms with van der Waals surface area (Å²) in [6, 6.07) is 11.6. The minimum atomic E-state index is -0.749. The highest BCUT2D eigenvalue weighted by atomic mass is 79.9. The molecular weight excluding hydrogens is 464 g/mol. The van der Waals surface area contributed by atoms with Crippen molar-refractivity contribution in [3.05, 3.63) is 63.6 Å². The van der Waals surface area contributed by atoms with Crippen molar-refractivity contribution in [1.82, 2.24) is 10.6 Å². The van der Waals surface area contributed by atoms with Crippen LogP contribution in [0.15, 0.2) is 52.5 Å². The molecule has 7 nitrogen and oxygen atoms in total. The summed E-state index contributed by atoms with van der Waals surface area (Å²) in [4.78, 5) is 25.5. The van der Waals surface area contributed by atoms with Crippen LogP contribution in [-0.2, 0) is 9.53 Å². The summed E-state index contributed by atoms with van der Waals surface area (Å²) in [5, 5.41) is 5.60. The SMILES string of the molecule is CCOC(=O)C1=C(c2ccccc2)NC(=O)N[C@@H]1c1cc(Br)c(OC(C)C)c(OC)c1. The Bertz CT molecular complexity index is 1000. The number of methoxy groups -OCH3 is 1. The van der Waals surface area contributed by atoms with Crippen molar-refractivity contribution in [3.63, 3.8) is 0 Å². The zero-order valence-corrected chi connectivity index (χ0v) is 19.4. The fourth-order valence-corrected chi connectivity index (χ4v) is 3.89. The lowest BCUT2D eigenvalue weighted by Gasteiger charge is -2.30. The summed E-state index contributed by atoms with van der Waals surface area (Å²) in [6.07, 6.45) is -0.0608. The summed E-state index contributed by atoms with van der Waals surface area (Å²) in [7, 11) is 1.54. The lowest BCUT2D eigenvalue weighted by molar-refractivity contribution is -0.138. The lowest BCUT2D eigenvalue weighted by Crippen LogP contribution is -2.45. The largest absolute Gasteiger partial charge is 0.493 e. The van der Waals surface area contributed by atoms with Crippen LogP contribution >= 0.6 is 15.9 Å². The zero-order valence-electron chi connectivity index (χ0n) is 17.8. The molecule has 0 bridgehead atoms. The molecule has 31 heavy (non-hydrogen) atoms. The molecule has 164 valence electrons. The molecule has 2 amide bonds. The Hall–Kier alpha value is -3.00. The maximum atomic E-state index is 13.0. The first kappa shape index (κ1) is 22.7. The Labute approximate surface area is 189 Å². The van der Waals surface area contributed by atoms with Gasteiger partial charge in [-0.15, -0.1) is 0 Å². The average molecular weight is 489 g/mol. The number of amides is 2. The Kier molecular flexibility index (Phi) is 7.22. The quantitative estimate of drug-likeness (QED) is 0.557. The molecule has 1 atom stereocenters. The molecule has 0 saturated heterocycles. The van der Waals surface area contributed by atoms with Crippen LogP contribution in [0.4, 0.5) is 4.79 Å². The first-order chi connectivity index (χ1) is 14.8. The van der Waals surface area contributed by atoms with Gasteiger partial charge in [-0.05, 0) is 60.0 Å². The Morgan fingerprint density at radius 3 is 2.52 bits per heavy atom. The molecule has 0 radical (unpaired) electrons. The van der Waals surface area contributed by atoms with Crippen molar-refractivity contribution in [3.8, 4) is 11.5 Å². The van der Waals surface area contributed by atoms with Crippen LogP contribution in [0.2, 0.25) is 0 Å². The van der Waals surface area contributed by atoms with Gasteiger partial charge in [-0.2, -0.15) is 0 Å². The fraction of sp³-hybridized carbons (Fsp3) is 0.304. The predicted octanol–water partition coefficient (Wildman–Crippen LogP) is 4.57. The second kappa shape index (κ2) is 9.87. The van der Waals surface area contributed by atoms with Crippen molar-refractivity contribution >= 4 is 33.6 Å². The minimum absolute atomic E-state index is 0.0608. The third-order valence-corrected chi connectivity index (χ3v) is 5.16. The van der Waals surface area contributed by atoms with E-state index in [4.69, 9.17) is 14.2 Å². The summed E-state index contributed by atoms with van der Waals surface area (Å²) in [5.74, 6) is 0.512. The van der Waals surface area contributed by atoms with Gasteiger partial charge in [-0.25, -0.2) is 9.59 Å². The molecule has 0 spiro atoms. The van der Waals surface area contributed by atoms with Gasteiger partial charge in [0.2, 0.25) is 0 Å². The van der Waals surface area contributed by atoms with Crippen LogP contribution in [0.5, 0.6) is 11.5 Å². The second-order valence-corrected chi connectivity index (χ2v) is 7.96. The average Bonchev–Trinajstić information content (AvgIpc) is 2.74. The van der Waals surface area contributed by atoms with E-state index in [0.29, 0.717) is 38.4 Å². The summed E-state index contributed by atoms with van der Waals surface area (Å²) >= 11 is 3.53. The number of carbonyl (C=O) groups excluding carboxylic acids is 2. The molecule has 0 unspecified atom stereocenters. The summed E-state index contributed by atoms with van der Waals surface area (Å²) in [5.41, 5.74) is 2.06. The zero-order chi connectivity index (χ0) is 22.5. The molecule has 3 rings (SSSR count). The molecule has 1 heterocycles. The fourth-order valence-electron chi connectivity index (χ4n) is 3.33. The molecular formula is C23H25BrN2O5. The van der Waals surface area contributed by atoms with Gasteiger partial charge in [0.05, 0.1) is 41.6 Å². The number of rotatable bonds is 7. The number of carbonyl (C=O) groups is 2. The summed E-state index contributed by atoms with van der Waals surface area (Å²) < 4.78 is 17.4. The number of nitrogens with one attached hydrogen (secondary N) is 2. The smallest absolute Gasteiger partial charge is 0.338 e. The van der Waals surface area contributed by atoms with E-state index in [-0.39, 0.29) is 12.7 Å². The highest BCUT2D eigenvalue weighted by Crippen LogP contribution is 2.41. The van der Waals surface area contributed by atoms with E-state index < -0.39 is 18.0 Å². The van der Waals surface area contributed by atoms with E-state index in [1.807, 2.05) is 44.2 Å². The standard InChI is InChI=1S/C23H25BrN2O5/c1-5-30-22(27)18-19(14-9-7-6-8-10-14)25-23(28)26-20(18)15-11-16(24)21(31-13(2)3)17(12-15)29-4/h6-13,20H,5H2,1-4H3,(H2,25,26,28)/t20-/m1/s1. The molecule has 1 aliphatic heterocycles. The molecule has 0 saturated carbocycles. The van der Waals surface area contributed by atoms with Gasteiger partial charge in [-0.3, -0.25) is 0 Å². The van der Waals surface area contributed by atoms with Crippen molar-refractivity contribution in [2.45, 2.75) is 32.9 Å². The van der Waals surface area contributed by atoms with E-state index >= 15 is 0 Å². The van der Waals surface area contributed by atoms with Gasteiger partial charge in [0.1, 0.15) is 0 Å². The van der Waals surface area contributed by atoms with Gasteiger partial charge >= 0.3 is 12.0 Å². The Balaban J connectivity index is 2.19. The monoisotopic (exact) mass is 488 g/mol. The minimum Gasteiger partial charge on any atom is -0.493 e. The van der Waals surface area contributed by atoms with Crippen molar-refractivity contribution < 1.29 is 23.8 Å². The third-order valence-electron chi connectivity index (χ3n) is 4.57. The number of hydrogen-bond acceptors (Lipinski definition) is 5. The van der Waals surface area contributed by atoms with Gasteiger partial charge in [0.25, 0.3) is 0 Å². The second-order valence-electron chi connectivity index (χ2n) is 7.11. The van der Waals surface area contributed by atoms with E-state index in [0.717, 1.165) is 0 Å². The Morgan fingerprint density at radius 1 is 1.19 bits per heavy atom. The number of hydrogen-bond donors (Lipinski definition) is 2. The molecule has 0 aliphatic carbocycles. The summed E-state index contributed by atoms with van der Waals surface area (Å²) in [6.45, 7) is 5.78. The van der Waals surface area contributed by atoms with Gasteiger partial charge in [-0.1, -0.05) is 30.3 Å². The van der Waals surface area contributed by atoms with Crippen LogP contribution in [0.25, 0.3) is 5.70 Å². The number of ether oxygens (including phenoxy) is 3. The van der Waals surface area contributed by atoms with E-state index in [2.05, 4.69) is 26.6 Å². The van der Waals surface area contributed by atoms with Gasteiger partial charge in [0.15, 0.2) is 11.5 Å². The molecule has 0 aromatic heterocycles. The number of esters is 1. The highest BCUT2D eigenvalue weighted by molar-refractivity contribution is 9.10. The topological polar surface area (TPSA) is 85.9 Å². The molecule has 1 aliphatic rings. The predicted molar refractivity (Wildman–Crippen MR) is 121 cm³/mol. The Morgan fingerprint density at radius 2 is 1.90 bits per heavy atom. The first-order valence-corrected chi connectivity index (χ1v) is 10.7. The normalized spacial score (nSPS) is 15.9. The molecule has 0 fully saturated rings. The maximum absolute atomic E-state index is 13.0. The van der Waals surface area contributed by atoms with Crippen LogP contribution in [-0.4, -0.2) is 31.8 Å². The molecule has 2 aromatic carbocycles.